The van der Waals surface area contributed by atoms with Crippen LogP contribution in [0, 0.1) is 5.92 Å². The molecule has 162 valence electrons. The van der Waals surface area contributed by atoms with Gasteiger partial charge < -0.3 is 4.90 Å². The number of benzene rings is 1. The van der Waals surface area contributed by atoms with Gasteiger partial charge in [-0.15, -0.1) is 11.3 Å². The predicted molar refractivity (Wildman–Crippen MR) is 120 cm³/mol. The van der Waals surface area contributed by atoms with Gasteiger partial charge in [0.25, 0.3) is 0 Å². The first-order valence-electron chi connectivity index (χ1n) is 10.8. The molecule has 2 aromatic rings. The Morgan fingerprint density at radius 2 is 1.73 bits per heavy atom. The molecule has 2 saturated heterocycles. The molecule has 5 nitrogen and oxygen atoms in total. The monoisotopic (exact) mass is 446 g/mol. The number of piperidine rings is 1. The third-order valence-corrected chi connectivity index (χ3v) is 9.28. The number of hydrogen-bond donors (Lipinski definition) is 0. The highest BCUT2D eigenvalue weighted by Crippen LogP contribution is 2.37. The molecule has 1 aromatic carbocycles. The summed E-state index contributed by atoms with van der Waals surface area (Å²) in [5, 5.41) is 2.06. The summed E-state index contributed by atoms with van der Waals surface area (Å²) in [6.07, 6.45) is 3.24. The highest BCUT2D eigenvalue weighted by atomic mass is 32.2. The molecule has 0 radical (unpaired) electrons. The number of hydrogen-bond acceptors (Lipinski definition) is 4. The van der Waals surface area contributed by atoms with E-state index in [9.17, 15) is 13.2 Å². The van der Waals surface area contributed by atoms with E-state index in [4.69, 9.17) is 0 Å². The van der Waals surface area contributed by atoms with Crippen molar-refractivity contribution in [3.05, 3.63) is 52.2 Å². The highest BCUT2D eigenvalue weighted by molar-refractivity contribution is 7.89. The van der Waals surface area contributed by atoms with Crippen LogP contribution in [-0.4, -0.2) is 43.2 Å². The summed E-state index contributed by atoms with van der Waals surface area (Å²) < 4.78 is 27.6. The Morgan fingerprint density at radius 3 is 2.33 bits per heavy atom. The number of sulfonamides is 1. The van der Waals surface area contributed by atoms with Crippen LogP contribution in [0.3, 0.4) is 0 Å². The zero-order chi connectivity index (χ0) is 21.3. The first-order chi connectivity index (χ1) is 14.4. The molecular formula is C23H30N2O3S2. The summed E-state index contributed by atoms with van der Waals surface area (Å²) in [6, 6.07) is 11.5. The Hall–Kier alpha value is -1.70. The van der Waals surface area contributed by atoms with Gasteiger partial charge >= 0.3 is 0 Å². The van der Waals surface area contributed by atoms with Crippen molar-refractivity contribution in [3.63, 3.8) is 0 Å². The molecule has 1 amide bonds. The smallest absolute Gasteiger partial charge is 0.243 e. The Labute approximate surface area is 183 Å². The van der Waals surface area contributed by atoms with Crippen molar-refractivity contribution in [1.29, 1.82) is 0 Å². The number of likely N-dealkylation sites (tertiary alicyclic amines) is 1. The summed E-state index contributed by atoms with van der Waals surface area (Å²) in [7, 11) is -3.51. The van der Waals surface area contributed by atoms with Crippen LogP contribution in [0.1, 0.15) is 61.9 Å². The average molecular weight is 447 g/mol. The van der Waals surface area contributed by atoms with Crippen molar-refractivity contribution in [1.82, 2.24) is 9.21 Å². The molecule has 2 aliphatic rings. The molecule has 0 aliphatic carbocycles. The summed E-state index contributed by atoms with van der Waals surface area (Å²) in [5.41, 5.74) is 1.13. The minimum absolute atomic E-state index is 0.0830. The zero-order valence-corrected chi connectivity index (χ0v) is 19.3. The van der Waals surface area contributed by atoms with Gasteiger partial charge in [-0.3, -0.25) is 4.79 Å². The van der Waals surface area contributed by atoms with Crippen LogP contribution in [0.25, 0.3) is 0 Å². The Morgan fingerprint density at radius 1 is 1.03 bits per heavy atom. The van der Waals surface area contributed by atoms with E-state index in [2.05, 4.69) is 25.3 Å². The van der Waals surface area contributed by atoms with Gasteiger partial charge in [-0.05, 0) is 60.7 Å². The molecule has 4 rings (SSSR count). The maximum absolute atomic E-state index is 13.2. The molecule has 30 heavy (non-hydrogen) atoms. The number of carbonyl (C=O) groups excluding carboxylic acids is 1. The fourth-order valence-electron chi connectivity index (χ4n) is 4.56. The molecule has 7 heteroatoms. The van der Waals surface area contributed by atoms with E-state index in [1.165, 1.54) is 4.88 Å². The second-order valence-electron chi connectivity index (χ2n) is 8.61. The van der Waals surface area contributed by atoms with E-state index in [-0.39, 0.29) is 17.9 Å². The maximum atomic E-state index is 13.2. The van der Waals surface area contributed by atoms with Crippen molar-refractivity contribution in [2.24, 2.45) is 5.92 Å². The Bertz CT molecular complexity index is 960. The molecule has 0 spiro atoms. The summed E-state index contributed by atoms with van der Waals surface area (Å²) in [4.78, 5) is 16.8. The van der Waals surface area contributed by atoms with Gasteiger partial charge in [-0.2, -0.15) is 4.31 Å². The lowest BCUT2D eigenvalue weighted by atomic mass is 9.96. The fourth-order valence-corrected chi connectivity index (χ4v) is 6.90. The van der Waals surface area contributed by atoms with Crippen LogP contribution < -0.4 is 0 Å². The lowest BCUT2D eigenvalue weighted by molar-refractivity contribution is -0.137. The Balaban J connectivity index is 1.40. The maximum Gasteiger partial charge on any atom is 0.243 e. The van der Waals surface area contributed by atoms with E-state index in [1.54, 1.807) is 27.8 Å². The summed E-state index contributed by atoms with van der Waals surface area (Å²) >= 11 is 1.71. The highest BCUT2D eigenvalue weighted by Gasteiger charge is 2.37. The normalized spacial score (nSPS) is 21.4. The first kappa shape index (κ1) is 21.5. The fraction of sp³-hybridized carbons (Fsp3) is 0.522. The zero-order valence-electron chi connectivity index (χ0n) is 17.7. The number of carbonyl (C=O) groups is 1. The van der Waals surface area contributed by atoms with Crippen molar-refractivity contribution in [3.8, 4) is 0 Å². The second-order valence-corrected chi connectivity index (χ2v) is 11.5. The van der Waals surface area contributed by atoms with Crippen molar-refractivity contribution < 1.29 is 13.2 Å². The minimum Gasteiger partial charge on any atom is -0.335 e. The lowest BCUT2D eigenvalue weighted by Gasteiger charge is -2.34. The molecule has 1 unspecified atom stereocenters. The van der Waals surface area contributed by atoms with Gasteiger partial charge in [0.2, 0.25) is 15.9 Å². The third kappa shape index (κ3) is 4.20. The molecule has 3 heterocycles. The SMILES string of the molecule is CC(C)c1ccc(S(=O)(=O)N2CCC(C(=O)N3CCCC3c3cccs3)CC2)cc1. The van der Waals surface area contributed by atoms with Crippen molar-refractivity contribution in [2.45, 2.75) is 56.4 Å². The van der Waals surface area contributed by atoms with Crippen molar-refractivity contribution in [2.75, 3.05) is 19.6 Å². The largest absolute Gasteiger partial charge is 0.335 e. The number of amides is 1. The first-order valence-corrected chi connectivity index (χ1v) is 13.1. The van der Waals surface area contributed by atoms with Crippen LogP contribution >= 0.6 is 11.3 Å². The van der Waals surface area contributed by atoms with Crippen LogP contribution in [-0.2, 0) is 14.8 Å². The second kappa shape index (κ2) is 8.81. The van der Waals surface area contributed by atoms with Crippen LogP contribution in [0.4, 0.5) is 0 Å². The molecule has 0 N–H and O–H groups in total. The summed E-state index contributed by atoms with van der Waals surface area (Å²) in [5.74, 6) is 0.483. The van der Waals surface area contributed by atoms with Crippen LogP contribution in [0.2, 0.25) is 0 Å². The van der Waals surface area contributed by atoms with Crippen LogP contribution in [0.15, 0.2) is 46.7 Å². The van der Waals surface area contributed by atoms with E-state index in [1.807, 2.05) is 23.1 Å². The molecule has 1 atom stereocenters. The van der Waals surface area contributed by atoms with Gasteiger partial charge in [-0.25, -0.2) is 8.42 Å². The van der Waals surface area contributed by atoms with E-state index >= 15 is 0 Å². The van der Waals surface area contributed by atoms with E-state index in [0.29, 0.717) is 36.7 Å². The minimum atomic E-state index is -3.51. The predicted octanol–water partition coefficient (Wildman–Crippen LogP) is 4.64. The molecular weight excluding hydrogens is 416 g/mol. The number of thiophene rings is 1. The Kier molecular flexibility index (Phi) is 6.32. The lowest BCUT2D eigenvalue weighted by Crippen LogP contribution is -2.44. The molecule has 0 bridgehead atoms. The third-order valence-electron chi connectivity index (χ3n) is 6.40. The van der Waals surface area contributed by atoms with Crippen LogP contribution in [0.5, 0.6) is 0 Å². The van der Waals surface area contributed by atoms with Gasteiger partial charge in [0.15, 0.2) is 0 Å². The number of rotatable bonds is 5. The molecule has 1 aromatic heterocycles. The molecule has 2 aliphatic heterocycles. The van der Waals surface area contributed by atoms with Crippen molar-refractivity contribution >= 4 is 27.3 Å². The van der Waals surface area contributed by atoms with Gasteiger partial charge in [0, 0.05) is 30.4 Å². The quantitative estimate of drug-likeness (QED) is 0.672. The van der Waals surface area contributed by atoms with E-state index in [0.717, 1.165) is 24.9 Å². The standard InChI is InChI=1S/C23H30N2O3S2/c1-17(2)18-7-9-20(10-8-18)30(27,28)24-14-11-19(12-15-24)23(26)25-13-3-5-21(25)22-6-4-16-29-22/h4,6-10,16-17,19,21H,3,5,11-15H2,1-2H3. The molecule has 0 saturated carbocycles. The summed E-state index contributed by atoms with van der Waals surface area (Å²) in [6.45, 7) is 5.80. The van der Waals surface area contributed by atoms with Gasteiger partial charge in [0.1, 0.15) is 0 Å². The number of nitrogens with zero attached hydrogens (tertiary/aromatic N) is 2. The van der Waals surface area contributed by atoms with Gasteiger partial charge in [-0.1, -0.05) is 32.0 Å². The van der Waals surface area contributed by atoms with Gasteiger partial charge in [0.05, 0.1) is 10.9 Å². The van der Waals surface area contributed by atoms with E-state index < -0.39 is 10.0 Å². The topological polar surface area (TPSA) is 57.7 Å². The average Bonchev–Trinajstić information content (AvgIpc) is 3.45. The molecule has 2 fully saturated rings.